The van der Waals surface area contributed by atoms with Crippen LogP contribution in [0, 0.1) is 0 Å². The van der Waals surface area contributed by atoms with Gasteiger partial charge in [0.25, 0.3) is 5.91 Å². The zero-order valence-corrected chi connectivity index (χ0v) is 10.4. The molecule has 0 N–H and O–H groups in total. The maximum Gasteiger partial charge on any atom is 0.253 e. The summed E-state index contributed by atoms with van der Waals surface area (Å²) in [5.41, 5.74) is 0.696. The third-order valence-corrected chi connectivity index (χ3v) is 3.43. The van der Waals surface area contributed by atoms with E-state index in [4.69, 9.17) is 9.47 Å². The van der Waals surface area contributed by atoms with Crippen LogP contribution >= 0.6 is 0 Å². The highest BCUT2D eigenvalue weighted by Crippen LogP contribution is 2.31. The number of carbonyl (C=O) groups excluding carboxylic acids is 1. The van der Waals surface area contributed by atoms with Crippen LogP contribution in [-0.4, -0.2) is 37.1 Å². The summed E-state index contributed by atoms with van der Waals surface area (Å²) < 4.78 is 11.0. The van der Waals surface area contributed by atoms with Crippen molar-refractivity contribution in [2.24, 2.45) is 0 Å². The highest BCUT2D eigenvalue weighted by molar-refractivity contribution is 5.95. The van der Waals surface area contributed by atoms with Gasteiger partial charge < -0.3 is 14.4 Å². The molecule has 96 valence electrons. The lowest BCUT2D eigenvalue weighted by atomic mass is 10.1. The van der Waals surface area contributed by atoms with Gasteiger partial charge in [-0.15, -0.1) is 0 Å². The molecule has 2 aliphatic rings. The number of piperidine rings is 1. The zero-order chi connectivity index (χ0) is 12.4. The van der Waals surface area contributed by atoms with Crippen LogP contribution in [0.1, 0.15) is 29.6 Å². The van der Waals surface area contributed by atoms with Gasteiger partial charge in [0.15, 0.2) is 11.5 Å². The van der Waals surface area contributed by atoms with E-state index >= 15 is 0 Å². The molecule has 0 radical (unpaired) electrons. The van der Waals surface area contributed by atoms with Gasteiger partial charge in [-0.3, -0.25) is 4.79 Å². The van der Waals surface area contributed by atoms with Crippen LogP contribution in [0.4, 0.5) is 0 Å². The Morgan fingerprint density at radius 3 is 2.50 bits per heavy atom. The van der Waals surface area contributed by atoms with E-state index in [9.17, 15) is 4.79 Å². The summed E-state index contributed by atoms with van der Waals surface area (Å²) in [6.45, 7) is 2.86. The molecule has 0 unspecified atom stereocenters. The van der Waals surface area contributed by atoms with Gasteiger partial charge in [0.05, 0.1) is 0 Å². The number of carbonyl (C=O) groups is 1. The molecule has 2 heterocycles. The summed E-state index contributed by atoms with van der Waals surface area (Å²) in [5.74, 6) is 1.52. The first-order valence-corrected chi connectivity index (χ1v) is 6.53. The Bertz CT molecular complexity index is 452. The van der Waals surface area contributed by atoms with Crippen molar-refractivity contribution in [3.05, 3.63) is 23.8 Å². The molecule has 1 amide bonds. The topological polar surface area (TPSA) is 38.8 Å². The van der Waals surface area contributed by atoms with Crippen LogP contribution in [-0.2, 0) is 0 Å². The maximum atomic E-state index is 12.3. The van der Waals surface area contributed by atoms with Crippen molar-refractivity contribution < 1.29 is 14.3 Å². The molecule has 0 aliphatic carbocycles. The molecule has 4 nitrogen and oxygen atoms in total. The van der Waals surface area contributed by atoms with Gasteiger partial charge in [-0.1, -0.05) is 0 Å². The van der Waals surface area contributed by atoms with Crippen molar-refractivity contribution in [1.29, 1.82) is 0 Å². The summed E-state index contributed by atoms with van der Waals surface area (Å²) in [4.78, 5) is 14.2. The number of fused-ring (bicyclic) bond motifs is 1. The lowest BCUT2D eigenvalue weighted by molar-refractivity contribution is 0.0723. The molecule has 0 aromatic heterocycles. The van der Waals surface area contributed by atoms with Gasteiger partial charge in [0.2, 0.25) is 0 Å². The van der Waals surface area contributed by atoms with Crippen molar-refractivity contribution in [3.8, 4) is 11.5 Å². The lowest BCUT2D eigenvalue weighted by Crippen LogP contribution is -2.35. The number of hydrogen-bond acceptors (Lipinski definition) is 3. The summed E-state index contributed by atoms with van der Waals surface area (Å²) >= 11 is 0. The van der Waals surface area contributed by atoms with Crippen molar-refractivity contribution in [3.63, 3.8) is 0 Å². The third-order valence-electron chi connectivity index (χ3n) is 3.43. The summed E-state index contributed by atoms with van der Waals surface area (Å²) in [5, 5.41) is 0. The molecule has 3 rings (SSSR count). The van der Waals surface area contributed by atoms with Crippen molar-refractivity contribution in [2.75, 3.05) is 26.3 Å². The highest BCUT2D eigenvalue weighted by atomic mass is 16.6. The van der Waals surface area contributed by atoms with Crippen LogP contribution in [0.3, 0.4) is 0 Å². The Kier molecular flexibility index (Phi) is 3.09. The fourth-order valence-corrected chi connectivity index (χ4v) is 2.46. The first kappa shape index (κ1) is 11.4. The molecule has 0 atom stereocenters. The average Bonchev–Trinajstić information content (AvgIpc) is 2.47. The van der Waals surface area contributed by atoms with E-state index < -0.39 is 0 Å². The van der Waals surface area contributed by atoms with Crippen molar-refractivity contribution in [2.45, 2.75) is 19.3 Å². The summed E-state index contributed by atoms with van der Waals surface area (Å²) in [6.07, 6.45) is 3.44. The molecule has 1 aromatic carbocycles. The molecule has 1 fully saturated rings. The number of rotatable bonds is 1. The summed E-state index contributed by atoms with van der Waals surface area (Å²) in [6, 6.07) is 5.45. The molecule has 4 heteroatoms. The van der Waals surface area contributed by atoms with Gasteiger partial charge in [-0.2, -0.15) is 0 Å². The normalized spacial score (nSPS) is 18.6. The van der Waals surface area contributed by atoms with E-state index in [2.05, 4.69) is 0 Å². The predicted molar refractivity (Wildman–Crippen MR) is 67.2 cm³/mol. The fourth-order valence-electron chi connectivity index (χ4n) is 2.46. The number of likely N-dealkylation sites (tertiary alicyclic amines) is 1. The zero-order valence-electron chi connectivity index (χ0n) is 10.4. The van der Waals surface area contributed by atoms with E-state index in [1.54, 1.807) is 6.07 Å². The van der Waals surface area contributed by atoms with Gasteiger partial charge in [-0.05, 0) is 37.5 Å². The lowest BCUT2D eigenvalue weighted by Gasteiger charge is -2.27. The minimum atomic E-state index is 0.103. The van der Waals surface area contributed by atoms with Crippen LogP contribution in [0.25, 0.3) is 0 Å². The third kappa shape index (κ3) is 2.15. The highest BCUT2D eigenvalue weighted by Gasteiger charge is 2.20. The van der Waals surface area contributed by atoms with Crippen LogP contribution in [0.15, 0.2) is 18.2 Å². The minimum absolute atomic E-state index is 0.103. The first-order valence-electron chi connectivity index (χ1n) is 6.53. The fraction of sp³-hybridized carbons (Fsp3) is 0.500. The quantitative estimate of drug-likeness (QED) is 0.714. The smallest absolute Gasteiger partial charge is 0.253 e. The van der Waals surface area contributed by atoms with Crippen molar-refractivity contribution >= 4 is 5.91 Å². The molecule has 0 spiro atoms. The van der Waals surface area contributed by atoms with Crippen molar-refractivity contribution in [1.82, 2.24) is 4.90 Å². The van der Waals surface area contributed by atoms with E-state index in [-0.39, 0.29) is 5.91 Å². The number of nitrogens with zero attached hydrogens (tertiary/aromatic N) is 1. The van der Waals surface area contributed by atoms with Crippen LogP contribution in [0.5, 0.6) is 11.5 Å². The average molecular weight is 248 g/mol. The Morgan fingerprint density at radius 1 is 1.00 bits per heavy atom. The van der Waals surface area contributed by atoms with Crippen LogP contribution < -0.4 is 9.47 Å². The van der Waals surface area contributed by atoms with E-state index in [1.807, 2.05) is 17.0 Å². The molecule has 1 saturated heterocycles. The Hall–Kier alpha value is -1.71. The Labute approximate surface area is 106 Å². The Morgan fingerprint density at radius 2 is 1.72 bits per heavy atom. The molecule has 1 aromatic rings. The summed E-state index contributed by atoms with van der Waals surface area (Å²) in [7, 11) is 0. The first-order chi connectivity index (χ1) is 8.84. The van der Waals surface area contributed by atoms with E-state index in [0.29, 0.717) is 24.5 Å². The van der Waals surface area contributed by atoms with Gasteiger partial charge in [0, 0.05) is 18.7 Å². The SMILES string of the molecule is O=[13C](c1ccc2c(c1)OCCO2)N1CCCCC1. The predicted octanol–water partition coefficient (Wildman–Crippen LogP) is 2.08. The number of ether oxygens (including phenoxy) is 2. The van der Waals surface area contributed by atoms with Gasteiger partial charge >= 0.3 is 0 Å². The van der Waals surface area contributed by atoms with E-state index in [1.165, 1.54) is 6.42 Å². The molecule has 0 saturated carbocycles. The number of benzene rings is 1. The van der Waals surface area contributed by atoms with E-state index in [0.717, 1.165) is 31.7 Å². The standard InChI is InChI=1S/C14H17NO3/c16-14(15-6-2-1-3-7-15)11-4-5-12-13(10-11)18-9-8-17-12/h4-5,10H,1-3,6-9H2/i14+1. The largest absolute Gasteiger partial charge is 0.486 e. The van der Waals surface area contributed by atoms with Crippen LogP contribution in [0.2, 0.25) is 0 Å². The molecule has 2 aliphatic heterocycles. The van der Waals surface area contributed by atoms with Gasteiger partial charge in [0.1, 0.15) is 13.2 Å². The second kappa shape index (κ2) is 4.88. The maximum absolute atomic E-state index is 12.3. The number of hydrogen-bond donors (Lipinski definition) is 0. The second-order valence-corrected chi connectivity index (χ2v) is 4.71. The minimum Gasteiger partial charge on any atom is -0.486 e. The molecule has 0 bridgehead atoms. The molecule has 18 heavy (non-hydrogen) atoms. The monoisotopic (exact) mass is 248 g/mol. The Balaban J connectivity index is 1.80. The van der Waals surface area contributed by atoms with Gasteiger partial charge in [-0.25, -0.2) is 0 Å². The molecular formula is C14H17NO3. The molecular weight excluding hydrogens is 231 g/mol. The second-order valence-electron chi connectivity index (χ2n) is 4.71. The number of amides is 1.